The zero-order valence-electron chi connectivity index (χ0n) is 32.5. The van der Waals surface area contributed by atoms with Gasteiger partial charge in [-0.25, -0.2) is 0 Å². The molecule has 0 atom stereocenters. The van der Waals surface area contributed by atoms with E-state index in [4.69, 9.17) is 16.2 Å². The van der Waals surface area contributed by atoms with Crippen LogP contribution in [-0.4, -0.2) is 134 Å². The van der Waals surface area contributed by atoms with E-state index in [0.29, 0.717) is 24.2 Å². The van der Waals surface area contributed by atoms with Crippen LogP contribution in [0.4, 0.5) is 0 Å². The summed E-state index contributed by atoms with van der Waals surface area (Å²) in [5.41, 5.74) is 14.6. The number of benzene rings is 2. The molecule has 55 heavy (non-hydrogen) atoms. The van der Waals surface area contributed by atoms with Crippen molar-refractivity contribution >= 4 is 23.6 Å². The lowest BCUT2D eigenvalue weighted by Crippen LogP contribution is -2.44. The molecule has 4 amide bonds. The van der Waals surface area contributed by atoms with Crippen molar-refractivity contribution in [3.63, 3.8) is 0 Å². The van der Waals surface area contributed by atoms with Crippen LogP contribution in [0.3, 0.4) is 0 Å². The number of nitrogens with zero attached hydrogens (tertiary/aromatic N) is 4. The van der Waals surface area contributed by atoms with Crippen LogP contribution in [0.25, 0.3) is 0 Å². The maximum Gasteiger partial charge on any atom is 0.251 e. The molecule has 0 bridgehead atoms. The zero-order chi connectivity index (χ0) is 38.6. The minimum Gasteiger partial charge on any atom is -0.375 e. The van der Waals surface area contributed by atoms with Gasteiger partial charge in [-0.3, -0.25) is 29.0 Å². The molecule has 13 nitrogen and oxygen atoms in total. The fraction of sp³-hybridized carbons (Fsp3) is 0.619. The Hall–Kier alpha value is -3.88. The first-order valence-electron chi connectivity index (χ1n) is 20.6. The van der Waals surface area contributed by atoms with E-state index in [1.165, 1.54) is 0 Å². The molecule has 300 valence electrons. The predicted molar refractivity (Wildman–Crippen MR) is 212 cm³/mol. The second-order valence-corrected chi connectivity index (χ2v) is 16.0. The van der Waals surface area contributed by atoms with Crippen LogP contribution in [0.15, 0.2) is 48.5 Å². The second kappa shape index (κ2) is 20.3. The number of carbonyl (C=O) groups is 4. The Balaban J connectivity index is 0.783. The number of amides is 4. The molecule has 6 rings (SSSR count). The summed E-state index contributed by atoms with van der Waals surface area (Å²) in [7, 11) is 0. The third-order valence-corrected chi connectivity index (χ3v) is 12.1. The van der Waals surface area contributed by atoms with Crippen LogP contribution in [0.5, 0.6) is 0 Å². The topological polar surface area (TPSA) is 167 Å². The molecule has 0 saturated carbocycles. The lowest BCUT2D eigenvalue weighted by molar-refractivity contribution is -0.124. The van der Waals surface area contributed by atoms with E-state index in [9.17, 15) is 19.2 Å². The highest BCUT2D eigenvalue weighted by atomic mass is 16.5. The van der Waals surface area contributed by atoms with E-state index in [2.05, 4.69) is 30.2 Å². The maximum absolute atomic E-state index is 12.8. The van der Waals surface area contributed by atoms with Crippen molar-refractivity contribution < 1.29 is 23.9 Å². The second-order valence-electron chi connectivity index (χ2n) is 16.0. The summed E-state index contributed by atoms with van der Waals surface area (Å²) in [6.07, 6.45) is 7.88. The standard InChI is InChI=1S/C42H62N8O5/c43-39(51)33-9-19-49(20-10-33)29-31-1-5-35(6-2-31)41(53)45-17-27-47-23-13-37(14-24-47)55-38-15-25-48(26-16-38)28-18-46-42(54)36-7-3-32(4-8-36)30-50-21-11-34(12-22-50)40(44)52/h1-8,33-34,37-38H,9-30H2,(H2,43,51)(H2,44,52)(H,45,53)(H,46,54). The van der Waals surface area contributed by atoms with Crippen LogP contribution in [0, 0.1) is 11.8 Å². The number of nitrogens with one attached hydrogen (secondary N) is 2. The Morgan fingerprint density at radius 2 is 0.836 bits per heavy atom. The first-order chi connectivity index (χ1) is 26.7. The largest absolute Gasteiger partial charge is 0.375 e. The minimum absolute atomic E-state index is 0.00645. The molecule has 4 fully saturated rings. The number of piperidine rings is 4. The van der Waals surface area contributed by atoms with E-state index < -0.39 is 0 Å². The zero-order valence-corrected chi connectivity index (χ0v) is 32.5. The number of likely N-dealkylation sites (tertiary alicyclic amines) is 4. The van der Waals surface area contributed by atoms with Gasteiger partial charge in [0, 0.05) is 88.4 Å². The Morgan fingerprint density at radius 1 is 0.509 bits per heavy atom. The average Bonchev–Trinajstić information content (AvgIpc) is 3.20. The summed E-state index contributed by atoms with van der Waals surface area (Å²) in [6.45, 7) is 11.9. The monoisotopic (exact) mass is 758 g/mol. The number of rotatable bonds is 16. The van der Waals surface area contributed by atoms with Crippen LogP contribution >= 0.6 is 0 Å². The Kier molecular flexibility index (Phi) is 15.1. The van der Waals surface area contributed by atoms with Crippen molar-refractivity contribution in [3.8, 4) is 0 Å². The molecule has 2 aromatic rings. The molecule has 13 heteroatoms. The van der Waals surface area contributed by atoms with Crippen molar-refractivity contribution in [2.45, 2.75) is 76.7 Å². The average molecular weight is 759 g/mol. The fourth-order valence-corrected chi connectivity index (χ4v) is 8.46. The van der Waals surface area contributed by atoms with Crippen LogP contribution in [0.2, 0.25) is 0 Å². The van der Waals surface area contributed by atoms with E-state index in [-0.39, 0.29) is 47.7 Å². The van der Waals surface area contributed by atoms with Gasteiger partial charge >= 0.3 is 0 Å². The van der Waals surface area contributed by atoms with E-state index >= 15 is 0 Å². The fourth-order valence-electron chi connectivity index (χ4n) is 8.46. The number of primary amides is 2. The summed E-state index contributed by atoms with van der Waals surface area (Å²) in [5, 5.41) is 6.17. The van der Waals surface area contributed by atoms with Gasteiger partial charge in [-0.2, -0.15) is 0 Å². The number of hydrogen-bond acceptors (Lipinski definition) is 9. The molecule has 6 N–H and O–H groups in total. The quantitative estimate of drug-likeness (QED) is 0.201. The van der Waals surface area contributed by atoms with Crippen molar-refractivity contribution in [2.75, 3.05) is 78.5 Å². The van der Waals surface area contributed by atoms with Gasteiger partial charge in [0.15, 0.2) is 0 Å². The van der Waals surface area contributed by atoms with Gasteiger partial charge < -0.3 is 36.6 Å². The minimum atomic E-state index is -0.192. The first kappa shape index (κ1) is 40.8. The van der Waals surface area contributed by atoms with E-state index in [1.54, 1.807) is 0 Å². The summed E-state index contributed by atoms with van der Waals surface area (Å²) >= 11 is 0. The first-order valence-corrected chi connectivity index (χ1v) is 20.6. The lowest BCUT2D eigenvalue weighted by Gasteiger charge is -2.37. The van der Waals surface area contributed by atoms with Crippen LogP contribution in [0.1, 0.15) is 83.2 Å². The highest BCUT2D eigenvalue weighted by molar-refractivity contribution is 5.94. The highest BCUT2D eigenvalue weighted by Gasteiger charge is 2.27. The molecule has 0 radical (unpaired) electrons. The SMILES string of the molecule is NC(=O)C1CCN(Cc2ccc(C(=O)NCCN3CCC(OC4CCN(CCNC(=O)c5ccc(CN6CCC(C(N)=O)CC6)cc5)CC4)CC3)cc2)CC1. The van der Waals surface area contributed by atoms with E-state index in [0.717, 1.165) is 141 Å². The van der Waals surface area contributed by atoms with Crippen LogP contribution in [-0.2, 0) is 27.4 Å². The Labute approximate surface area is 326 Å². The number of carbonyl (C=O) groups excluding carboxylic acids is 4. The molecule has 4 aliphatic rings. The Bertz CT molecular complexity index is 1430. The van der Waals surface area contributed by atoms with Gasteiger partial charge in [0.1, 0.15) is 0 Å². The van der Waals surface area contributed by atoms with Crippen molar-refractivity contribution in [2.24, 2.45) is 23.3 Å². The van der Waals surface area contributed by atoms with Crippen LogP contribution < -0.4 is 22.1 Å². The number of nitrogens with two attached hydrogens (primary N) is 2. The molecule has 0 aliphatic carbocycles. The summed E-state index contributed by atoms with van der Waals surface area (Å²) in [4.78, 5) is 57.9. The van der Waals surface area contributed by atoms with E-state index in [1.807, 2.05) is 48.5 Å². The maximum atomic E-state index is 12.8. The van der Waals surface area contributed by atoms with Crippen molar-refractivity contribution in [1.29, 1.82) is 0 Å². The summed E-state index contributed by atoms with van der Waals surface area (Å²) in [5.74, 6) is -0.483. The molecule has 0 aromatic heterocycles. The molecule has 0 spiro atoms. The van der Waals surface area contributed by atoms with Gasteiger partial charge in [0.2, 0.25) is 11.8 Å². The molecule has 4 saturated heterocycles. The molecule has 2 aromatic carbocycles. The van der Waals surface area contributed by atoms with Gasteiger partial charge in [0.25, 0.3) is 11.8 Å². The lowest BCUT2D eigenvalue weighted by atomic mass is 9.96. The molecule has 0 unspecified atom stereocenters. The predicted octanol–water partition coefficient (Wildman–Crippen LogP) is 2.19. The molecular weight excluding hydrogens is 697 g/mol. The Morgan fingerprint density at radius 3 is 1.16 bits per heavy atom. The number of hydrogen-bond donors (Lipinski definition) is 4. The summed E-state index contributed by atoms with van der Waals surface area (Å²) < 4.78 is 6.54. The van der Waals surface area contributed by atoms with Gasteiger partial charge in [-0.05, 0) is 113 Å². The third kappa shape index (κ3) is 12.6. The van der Waals surface area contributed by atoms with Gasteiger partial charge in [-0.15, -0.1) is 0 Å². The van der Waals surface area contributed by atoms with Gasteiger partial charge in [0.05, 0.1) is 12.2 Å². The van der Waals surface area contributed by atoms with Crippen molar-refractivity contribution in [1.82, 2.24) is 30.2 Å². The smallest absolute Gasteiger partial charge is 0.251 e. The molecule has 4 heterocycles. The molecular formula is C42H62N8O5. The highest BCUT2D eigenvalue weighted by Crippen LogP contribution is 2.22. The van der Waals surface area contributed by atoms with Crippen molar-refractivity contribution in [3.05, 3.63) is 70.8 Å². The molecule has 4 aliphatic heterocycles. The normalized spacial score (nSPS) is 20.7. The number of ether oxygens (including phenoxy) is 1. The summed E-state index contributed by atoms with van der Waals surface area (Å²) in [6, 6.07) is 15.7. The van der Waals surface area contributed by atoms with Gasteiger partial charge in [-0.1, -0.05) is 24.3 Å². The third-order valence-electron chi connectivity index (χ3n) is 12.1.